The Labute approximate surface area is 150 Å². The third-order valence-electron chi connectivity index (χ3n) is 4.82. The zero-order valence-corrected chi connectivity index (χ0v) is 14.7. The zero-order valence-electron chi connectivity index (χ0n) is 14.7. The summed E-state index contributed by atoms with van der Waals surface area (Å²) < 4.78 is 3.06. The highest BCUT2D eigenvalue weighted by Crippen LogP contribution is 2.22. The van der Waals surface area contributed by atoms with Crippen molar-refractivity contribution >= 4 is 16.4 Å². The number of nitrogens with one attached hydrogen (secondary N) is 1. The van der Waals surface area contributed by atoms with Crippen molar-refractivity contribution in [2.24, 2.45) is 0 Å². The van der Waals surface area contributed by atoms with E-state index in [1.165, 1.54) is 4.40 Å². The topological polar surface area (TPSA) is 59.3 Å². The molecule has 2 aromatic heterocycles. The minimum Gasteiger partial charge on any atom is -0.306 e. The van der Waals surface area contributed by atoms with Crippen molar-refractivity contribution in [2.45, 2.75) is 32.7 Å². The quantitative estimate of drug-likeness (QED) is 0.602. The highest BCUT2D eigenvalue weighted by Gasteiger charge is 2.19. The Morgan fingerprint density at radius 1 is 0.962 bits per heavy atom. The molecule has 5 nitrogen and oxygen atoms in total. The fraction of sp³-hybridized carbons (Fsp3) is 0.238. The lowest BCUT2D eigenvalue weighted by molar-refractivity contribution is 0.592. The molecule has 2 aromatic carbocycles. The fourth-order valence-corrected chi connectivity index (χ4v) is 3.54. The molecule has 0 bridgehead atoms. The van der Waals surface area contributed by atoms with Crippen LogP contribution in [0.25, 0.3) is 16.4 Å². The summed E-state index contributed by atoms with van der Waals surface area (Å²) in [6.45, 7) is 2.72. The summed E-state index contributed by atoms with van der Waals surface area (Å²) in [6.07, 6.45) is 2.50. The Balaban J connectivity index is 2.08. The molecule has 0 aliphatic rings. The molecule has 2 heterocycles. The SMILES string of the molecule is CCCCn1c(Cc2ccccc2)c2c3ccccc3[nH]c(=O)n2c1=O. The molecule has 0 amide bonds. The maximum absolute atomic E-state index is 13.0. The van der Waals surface area contributed by atoms with Crippen molar-refractivity contribution in [3.63, 3.8) is 0 Å². The average molecular weight is 347 g/mol. The first-order chi connectivity index (χ1) is 12.7. The lowest BCUT2D eigenvalue weighted by Gasteiger charge is -2.08. The summed E-state index contributed by atoms with van der Waals surface area (Å²) in [7, 11) is 0. The van der Waals surface area contributed by atoms with E-state index in [0.717, 1.165) is 35.0 Å². The molecule has 0 unspecified atom stereocenters. The Morgan fingerprint density at radius 2 is 1.69 bits per heavy atom. The first-order valence-electron chi connectivity index (χ1n) is 8.99. The molecule has 4 aromatic rings. The molecule has 132 valence electrons. The molecule has 5 heteroatoms. The van der Waals surface area contributed by atoms with Crippen LogP contribution in [0, 0.1) is 0 Å². The second-order valence-electron chi connectivity index (χ2n) is 6.56. The van der Waals surface area contributed by atoms with Gasteiger partial charge in [0.15, 0.2) is 0 Å². The average Bonchev–Trinajstić information content (AvgIpc) is 2.93. The molecular formula is C21H21N3O2. The lowest BCUT2D eigenvalue weighted by Crippen LogP contribution is -2.30. The second-order valence-corrected chi connectivity index (χ2v) is 6.56. The van der Waals surface area contributed by atoms with Crippen LogP contribution in [0.4, 0.5) is 0 Å². The van der Waals surface area contributed by atoms with Crippen LogP contribution >= 0.6 is 0 Å². The number of aromatic nitrogens is 3. The fourth-order valence-electron chi connectivity index (χ4n) is 3.54. The third kappa shape index (κ3) is 2.65. The highest BCUT2D eigenvalue weighted by atomic mass is 16.2. The van der Waals surface area contributed by atoms with E-state index >= 15 is 0 Å². The van der Waals surface area contributed by atoms with Crippen LogP contribution in [0.1, 0.15) is 31.0 Å². The van der Waals surface area contributed by atoms with Crippen molar-refractivity contribution in [3.8, 4) is 0 Å². The summed E-state index contributed by atoms with van der Waals surface area (Å²) in [6, 6.07) is 17.7. The third-order valence-corrected chi connectivity index (χ3v) is 4.82. The molecule has 0 saturated heterocycles. The van der Waals surface area contributed by atoms with Gasteiger partial charge in [-0.05, 0) is 18.1 Å². The van der Waals surface area contributed by atoms with Gasteiger partial charge in [0, 0.05) is 18.4 Å². The summed E-state index contributed by atoms with van der Waals surface area (Å²) in [5, 5.41) is 0.894. The Bertz CT molecular complexity index is 1180. The molecule has 0 radical (unpaired) electrons. The van der Waals surface area contributed by atoms with Crippen molar-refractivity contribution in [2.75, 3.05) is 0 Å². The van der Waals surface area contributed by atoms with Gasteiger partial charge in [-0.2, -0.15) is 0 Å². The minimum atomic E-state index is -0.381. The maximum Gasteiger partial charge on any atom is 0.337 e. The molecule has 0 atom stereocenters. The minimum absolute atomic E-state index is 0.258. The van der Waals surface area contributed by atoms with Crippen LogP contribution in [0.5, 0.6) is 0 Å². The van der Waals surface area contributed by atoms with Gasteiger partial charge in [-0.25, -0.2) is 14.0 Å². The van der Waals surface area contributed by atoms with Crippen molar-refractivity contribution in [1.82, 2.24) is 14.0 Å². The van der Waals surface area contributed by atoms with Crippen LogP contribution < -0.4 is 11.4 Å². The van der Waals surface area contributed by atoms with Gasteiger partial charge in [-0.1, -0.05) is 61.9 Å². The standard InChI is InChI=1S/C21H21N3O2/c1-2-3-13-23-18(14-15-9-5-4-6-10-15)19-16-11-7-8-12-17(16)22-20(25)24(19)21(23)26/h4-12H,2-3,13-14H2,1H3,(H,22,25). The van der Waals surface area contributed by atoms with Gasteiger partial charge >= 0.3 is 11.4 Å². The summed E-state index contributed by atoms with van der Waals surface area (Å²) in [5.41, 5.74) is 2.85. The van der Waals surface area contributed by atoms with E-state index in [0.29, 0.717) is 18.5 Å². The van der Waals surface area contributed by atoms with Crippen molar-refractivity contribution < 1.29 is 0 Å². The maximum atomic E-state index is 13.0. The predicted octanol–water partition coefficient (Wildman–Crippen LogP) is 3.33. The number of fused-ring (bicyclic) bond motifs is 3. The summed E-state index contributed by atoms with van der Waals surface area (Å²) in [5.74, 6) is 0. The summed E-state index contributed by atoms with van der Waals surface area (Å²) in [4.78, 5) is 28.4. The van der Waals surface area contributed by atoms with Gasteiger partial charge in [-0.15, -0.1) is 0 Å². The number of nitrogens with zero attached hydrogens (tertiary/aromatic N) is 2. The van der Waals surface area contributed by atoms with E-state index in [2.05, 4.69) is 11.9 Å². The largest absolute Gasteiger partial charge is 0.337 e. The number of benzene rings is 2. The van der Waals surface area contributed by atoms with E-state index in [4.69, 9.17) is 0 Å². The summed E-state index contributed by atoms with van der Waals surface area (Å²) >= 11 is 0. The van der Waals surface area contributed by atoms with Gasteiger partial charge in [0.05, 0.1) is 16.7 Å². The molecule has 1 N–H and O–H groups in total. The molecule has 0 saturated carbocycles. The number of imidazole rings is 1. The molecular weight excluding hydrogens is 326 g/mol. The zero-order chi connectivity index (χ0) is 18.1. The number of aromatic amines is 1. The molecule has 0 spiro atoms. The number of para-hydroxylation sites is 1. The first kappa shape index (κ1) is 16.4. The molecule has 0 aliphatic heterocycles. The first-order valence-corrected chi connectivity index (χ1v) is 8.99. The van der Waals surface area contributed by atoms with Crippen LogP contribution in [0.2, 0.25) is 0 Å². The van der Waals surface area contributed by atoms with E-state index in [1.807, 2.05) is 54.6 Å². The second kappa shape index (κ2) is 6.67. The van der Waals surface area contributed by atoms with Crippen molar-refractivity contribution in [1.29, 1.82) is 0 Å². The molecule has 4 rings (SSSR count). The van der Waals surface area contributed by atoms with Gasteiger partial charge in [0.1, 0.15) is 0 Å². The Morgan fingerprint density at radius 3 is 2.46 bits per heavy atom. The van der Waals surface area contributed by atoms with E-state index in [9.17, 15) is 9.59 Å². The highest BCUT2D eigenvalue weighted by molar-refractivity contribution is 5.94. The number of unbranched alkanes of at least 4 members (excludes halogenated alkanes) is 1. The van der Waals surface area contributed by atoms with E-state index in [-0.39, 0.29) is 11.4 Å². The lowest BCUT2D eigenvalue weighted by atomic mass is 10.1. The van der Waals surface area contributed by atoms with Crippen LogP contribution in [-0.2, 0) is 13.0 Å². The van der Waals surface area contributed by atoms with Gasteiger partial charge in [0.25, 0.3) is 0 Å². The van der Waals surface area contributed by atoms with E-state index in [1.54, 1.807) is 4.57 Å². The Hall–Kier alpha value is -3.08. The van der Waals surface area contributed by atoms with E-state index < -0.39 is 0 Å². The molecule has 0 fully saturated rings. The van der Waals surface area contributed by atoms with Crippen molar-refractivity contribution in [3.05, 3.63) is 86.8 Å². The molecule has 26 heavy (non-hydrogen) atoms. The number of hydrogen-bond donors (Lipinski definition) is 1. The van der Waals surface area contributed by atoms with Crippen LogP contribution in [0.15, 0.2) is 64.2 Å². The van der Waals surface area contributed by atoms with Crippen LogP contribution in [0.3, 0.4) is 0 Å². The van der Waals surface area contributed by atoms with Crippen LogP contribution in [-0.4, -0.2) is 14.0 Å². The number of rotatable bonds is 5. The monoisotopic (exact) mass is 347 g/mol. The van der Waals surface area contributed by atoms with Gasteiger partial charge in [-0.3, -0.25) is 4.57 Å². The predicted molar refractivity (Wildman–Crippen MR) is 104 cm³/mol. The number of H-pyrrole nitrogens is 1. The Kier molecular flexibility index (Phi) is 4.21. The van der Waals surface area contributed by atoms with Gasteiger partial charge in [0.2, 0.25) is 0 Å². The van der Waals surface area contributed by atoms with Gasteiger partial charge < -0.3 is 4.98 Å². The number of hydrogen-bond acceptors (Lipinski definition) is 2. The molecule has 0 aliphatic carbocycles. The normalized spacial score (nSPS) is 11.4. The smallest absolute Gasteiger partial charge is 0.306 e.